The molecular weight excluding hydrogens is 506 g/mol. The number of ether oxygens (including phenoxy) is 3. The second-order valence-electron chi connectivity index (χ2n) is 11.8. The van der Waals surface area contributed by atoms with Crippen LogP contribution in [0, 0.1) is 5.41 Å². The van der Waals surface area contributed by atoms with Crippen LogP contribution in [0.25, 0.3) is 11.2 Å². The van der Waals surface area contributed by atoms with Crippen LogP contribution in [-0.4, -0.2) is 61.9 Å². The molecule has 0 radical (unpaired) electrons. The maximum Gasteiger partial charge on any atom is 0.226 e. The quantitative estimate of drug-likeness (QED) is 0.473. The van der Waals surface area contributed by atoms with E-state index in [2.05, 4.69) is 40.2 Å². The van der Waals surface area contributed by atoms with E-state index in [0.717, 1.165) is 18.8 Å². The van der Waals surface area contributed by atoms with Crippen molar-refractivity contribution in [3.05, 3.63) is 47.5 Å². The van der Waals surface area contributed by atoms with Crippen molar-refractivity contribution in [2.75, 3.05) is 18.1 Å². The van der Waals surface area contributed by atoms with Gasteiger partial charge in [-0.3, -0.25) is 4.57 Å². The predicted molar refractivity (Wildman–Crippen MR) is 142 cm³/mol. The predicted octanol–water partition coefficient (Wildman–Crippen LogP) is 4.79. The number of nitrogens with zero attached hydrogens (tertiary/aromatic N) is 5. The highest BCUT2D eigenvalue weighted by atomic mass is 35.5. The molecule has 1 aromatic carbocycles. The topological polar surface area (TPSA) is 94.8 Å². The maximum atomic E-state index is 9.96. The number of hydrogen-bond donors (Lipinski definition) is 1. The van der Waals surface area contributed by atoms with Gasteiger partial charge in [-0.25, -0.2) is 4.98 Å². The van der Waals surface area contributed by atoms with E-state index in [1.807, 2.05) is 18.4 Å². The molecule has 10 heteroatoms. The Morgan fingerprint density at radius 3 is 2.58 bits per heavy atom. The smallest absolute Gasteiger partial charge is 0.226 e. The first-order valence-corrected chi connectivity index (χ1v) is 14.1. The number of aliphatic hydroxyl groups is 1. The second kappa shape index (κ2) is 9.13. The molecule has 1 aliphatic carbocycles. The number of hydrogen-bond acceptors (Lipinski definition) is 8. The Hall–Kier alpha value is -2.30. The van der Waals surface area contributed by atoms with Gasteiger partial charge in [0.1, 0.15) is 18.3 Å². The molecule has 38 heavy (non-hydrogen) atoms. The summed E-state index contributed by atoms with van der Waals surface area (Å²) in [7, 11) is 0. The number of aromatic nitrogens is 4. The molecular formula is C28H34ClN5O4. The van der Waals surface area contributed by atoms with Gasteiger partial charge in [-0.1, -0.05) is 49.6 Å². The normalized spacial score (nSPS) is 31.9. The Balaban J connectivity index is 1.31. The lowest BCUT2D eigenvalue weighted by Gasteiger charge is -2.33. The van der Waals surface area contributed by atoms with Gasteiger partial charge in [-0.2, -0.15) is 9.97 Å². The first kappa shape index (κ1) is 24.7. The summed E-state index contributed by atoms with van der Waals surface area (Å²) in [4.78, 5) is 16.6. The molecule has 202 valence electrons. The van der Waals surface area contributed by atoms with Crippen molar-refractivity contribution in [1.82, 2.24) is 19.5 Å². The number of fused-ring (bicyclic) bond motifs is 2. The molecule has 4 aliphatic rings. The van der Waals surface area contributed by atoms with Gasteiger partial charge in [-0.05, 0) is 55.7 Å². The molecule has 1 spiro atoms. The summed E-state index contributed by atoms with van der Waals surface area (Å²) < 4.78 is 20.3. The minimum atomic E-state index is -0.772. The van der Waals surface area contributed by atoms with Crippen LogP contribution < -0.4 is 4.90 Å². The zero-order valence-electron chi connectivity index (χ0n) is 21.8. The maximum absolute atomic E-state index is 9.96. The molecule has 0 bridgehead atoms. The molecule has 2 aromatic heterocycles. The standard InChI is InChI=1S/C28H34ClN5O4/c1-27(2)37-21-19(14-35)36-25(22(21)38-27)34-16-30-20-23(31-26(29)32-24(20)34)33-15-28(11-7-4-8-12-28)13-18(33)17-9-5-3-6-10-17/h3,5-6,9-10,16,18-19,21-22,25,35H,4,7-8,11-15H2,1-2H3/t18?,19-,21+,22?,25-/m1/s1. The Labute approximate surface area is 227 Å². The fourth-order valence-electron chi connectivity index (χ4n) is 7.21. The summed E-state index contributed by atoms with van der Waals surface area (Å²) in [5.41, 5.74) is 2.83. The lowest BCUT2D eigenvalue weighted by atomic mass is 9.72. The van der Waals surface area contributed by atoms with E-state index in [1.54, 1.807) is 6.33 Å². The fraction of sp³-hybridized carbons (Fsp3) is 0.607. The van der Waals surface area contributed by atoms with Gasteiger partial charge >= 0.3 is 0 Å². The summed E-state index contributed by atoms with van der Waals surface area (Å²) in [5.74, 6) is -0.0154. The molecule has 4 fully saturated rings. The molecule has 0 amide bonds. The van der Waals surface area contributed by atoms with Crippen LogP contribution in [0.2, 0.25) is 5.28 Å². The number of halogens is 1. The number of aliphatic hydroxyl groups excluding tert-OH is 1. The van der Waals surface area contributed by atoms with Crippen molar-refractivity contribution in [1.29, 1.82) is 0 Å². The number of anilines is 1. The third-order valence-electron chi connectivity index (χ3n) is 8.83. The van der Waals surface area contributed by atoms with E-state index in [9.17, 15) is 5.11 Å². The summed E-state index contributed by atoms with van der Waals surface area (Å²) in [6.45, 7) is 4.50. The zero-order valence-corrected chi connectivity index (χ0v) is 22.5. The van der Waals surface area contributed by atoms with Crippen molar-refractivity contribution in [2.45, 2.75) is 88.7 Å². The minimum absolute atomic E-state index is 0.167. The molecule has 3 saturated heterocycles. The molecule has 9 nitrogen and oxygen atoms in total. The van der Waals surface area contributed by atoms with Crippen LogP contribution >= 0.6 is 11.6 Å². The van der Waals surface area contributed by atoms with E-state index in [-0.39, 0.29) is 29.5 Å². The molecule has 5 heterocycles. The average Bonchev–Trinajstić information content (AvgIpc) is 3.65. The second-order valence-corrected chi connectivity index (χ2v) is 12.1. The van der Waals surface area contributed by atoms with Crippen LogP contribution in [0.4, 0.5) is 5.82 Å². The Morgan fingerprint density at radius 1 is 1.05 bits per heavy atom. The van der Waals surface area contributed by atoms with Gasteiger partial charge in [0.2, 0.25) is 5.28 Å². The van der Waals surface area contributed by atoms with E-state index >= 15 is 0 Å². The number of benzene rings is 1. The Morgan fingerprint density at radius 2 is 1.82 bits per heavy atom. The van der Waals surface area contributed by atoms with Crippen LogP contribution in [0.3, 0.4) is 0 Å². The highest BCUT2D eigenvalue weighted by Gasteiger charge is 2.56. The van der Waals surface area contributed by atoms with Gasteiger partial charge in [0.25, 0.3) is 0 Å². The van der Waals surface area contributed by atoms with Gasteiger partial charge in [0.15, 0.2) is 29.0 Å². The van der Waals surface area contributed by atoms with Crippen LogP contribution in [-0.2, 0) is 14.2 Å². The van der Waals surface area contributed by atoms with Crippen molar-refractivity contribution < 1.29 is 19.3 Å². The summed E-state index contributed by atoms with van der Waals surface area (Å²) in [6.07, 6.45) is 7.28. The summed E-state index contributed by atoms with van der Waals surface area (Å²) in [5, 5.41) is 10.1. The number of imidazole rings is 1. The molecule has 7 rings (SSSR count). The van der Waals surface area contributed by atoms with E-state index < -0.39 is 24.2 Å². The fourth-order valence-corrected chi connectivity index (χ4v) is 7.37. The molecule has 3 aromatic rings. The van der Waals surface area contributed by atoms with E-state index in [1.165, 1.54) is 37.7 Å². The average molecular weight is 540 g/mol. The van der Waals surface area contributed by atoms with Crippen molar-refractivity contribution in [3.63, 3.8) is 0 Å². The van der Waals surface area contributed by atoms with Gasteiger partial charge in [-0.15, -0.1) is 0 Å². The van der Waals surface area contributed by atoms with Crippen LogP contribution in [0.1, 0.15) is 70.2 Å². The highest BCUT2D eigenvalue weighted by molar-refractivity contribution is 6.28. The lowest BCUT2D eigenvalue weighted by molar-refractivity contribution is -0.199. The summed E-state index contributed by atoms with van der Waals surface area (Å²) >= 11 is 6.59. The summed E-state index contributed by atoms with van der Waals surface area (Å²) in [6, 6.07) is 10.9. The monoisotopic (exact) mass is 539 g/mol. The third kappa shape index (κ3) is 4.02. The SMILES string of the molecule is CC1(C)OC2[C@@H](O1)[C@@H](CO)O[C@H]2n1cnc2c(N3CC4(CCCCC4)CC3c3ccccc3)nc(Cl)nc21. The first-order chi connectivity index (χ1) is 18.4. The van der Waals surface area contributed by atoms with Crippen molar-refractivity contribution >= 4 is 28.6 Å². The molecule has 2 unspecified atom stereocenters. The zero-order chi connectivity index (χ0) is 26.1. The van der Waals surface area contributed by atoms with Gasteiger partial charge < -0.3 is 24.2 Å². The van der Waals surface area contributed by atoms with Crippen molar-refractivity contribution in [3.8, 4) is 0 Å². The molecule has 3 aliphatic heterocycles. The lowest BCUT2D eigenvalue weighted by Crippen LogP contribution is -2.31. The Kier molecular flexibility index (Phi) is 5.94. The van der Waals surface area contributed by atoms with Crippen LogP contribution in [0.5, 0.6) is 0 Å². The Bertz CT molecular complexity index is 1330. The highest BCUT2D eigenvalue weighted by Crippen LogP contribution is 2.53. The molecule has 1 saturated carbocycles. The van der Waals surface area contributed by atoms with E-state index in [0.29, 0.717) is 11.2 Å². The third-order valence-corrected chi connectivity index (χ3v) is 9.00. The molecule has 5 atom stereocenters. The van der Waals surface area contributed by atoms with Gasteiger partial charge in [0.05, 0.1) is 19.0 Å². The molecule has 1 N–H and O–H groups in total. The minimum Gasteiger partial charge on any atom is -0.394 e. The van der Waals surface area contributed by atoms with Crippen molar-refractivity contribution in [2.24, 2.45) is 5.41 Å². The van der Waals surface area contributed by atoms with E-state index in [4.69, 9.17) is 35.8 Å². The van der Waals surface area contributed by atoms with Crippen LogP contribution in [0.15, 0.2) is 36.7 Å². The number of rotatable bonds is 4. The van der Waals surface area contributed by atoms with Gasteiger partial charge in [0, 0.05) is 6.54 Å². The largest absolute Gasteiger partial charge is 0.394 e. The first-order valence-electron chi connectivity index (χ1n) is 13.7.